The number of benzene rings is 1. The highest BCUT2D eigenvalue weighted by atomic mass is 35.5. The summed E-state index contributed by atoms with van der Waals surface area (Å²) in [7, 11) is 1.65. The van der Waals surface area contributed by atoms with Gasteiger partial charge in [-0.2, -0.15) is 0 Å². The Kier molecular flexibility index (Phi) is 4.95. The molecule has 3 nitrogen and oxygen atoms in total. The molecule has 1 saturated carbocycles. The van der Waals surface area contributed by atoms with Gasteiger partial charge < -0.3 is 9.47 Å². The molecule has 0 amide bonds. The number of Topliss-reactive ketones (excluding diaryl/α,β-unsaturated/α-hetero) is 1. The highest BCUT2D eigenvalue weighted by molar-refractivity contribution is 6.36. The number of carbonyl (C=O) groups excluding carboxylic acids is 1. The maximum absolute atomic E-state index is 12.4. The van der Waals surface area contributed by atoms with Crippen molar-refractivity contribution in [2.45, 2.75) is 38.2 Å². The fourth-order valence-electron chi connectivity index (χ4n) is 2.42. The van der Waals surface area contributed by atoms with Crippen molar-refractivity contribution >= 4 is 29.0 Å². The van der Waals surface area contributed by atoms with E-state index in [2.05, 4.69) is 0 Å². The predicted molar refractivity (Wildman–Crippen MR) is 80.2 cm³/mol. The van der Waals surface area contributed by atoms with Crippen LogP contribution in [-0.4, -0.2) is 25.1 Å². The molecular formula is C15H18Cl2O3. The molecule has 2 rings (SSSR count). The summed E-state index contributed by atoms with van der Waals surface area (Å²) in [6.07, 6.45) is 3.27. The van der Waals surface area contributed by atoms with Crippen LogP contribution < -0.4 is 4.74 Å². The van der Waals surface area contributed by atoms with Gasteiger partial charge in [-0.1, -0.05) is 23.2 Å². The Morgan fingerprint density at radius 3 is 2.50 bits per heavy atom. The SMILES string of the molecule is CCOc1cc(Cl)c(C(=O)CC2(OC)CCC2)cc1Cl. The lowest BCUT2D eigenvalue weighted by atomic mass is 9.76. The van der Waals surface area contributed by atoms with Crippen LogP contribution in [0.25, 0.3) is 0 Å². The molecule has 0 aliphatic heterocycles. The standard InChI is InChI=1S/C15H18Cl2O3/c1-3-20-14-8-11(16)10(7-12(14)17)13(18)9-15(19-2)5-4-6-15/h7-8H,3-6,9H2,1-2H3. The zero-order valence-corrected chi connectivity index (χ0v) is 13.2. The minimum absolute atomic E-state index is 0.0403. The van der Waals surface area contributed by atoms with Gasteiger partial charge in [0.15, 0.2) is 5.78 Å². The van der Waals surface area contributed by atoms with Gasteiger partial charge >= 0.3 is 0 Å². The van der Waals surface area contributed by atoms with Crippen molar-refractivity contribution in [1.82, 2.24) is 0 Å². The number of hydrogen-bond donors (Lipinski definition) is 0. The maximum Gasteiger partial charge on any atom is 0.167 e. The van der Waals surface area contributed by atoms with E-state index in [0.717, 1.165) is 19.3 Å². The zero-order valence-electron chi connectivity index (χ0n) is 11.7. The second-order valence-corrected chi connectivity index (χ2v) is 5.85. The second-order valence-electron chi connectivity index (χ2n) is 5.04. The lowest BCUT2D eigenvalue weighted by Crippen LogP contribution is -2.41. The van der Waals surface area contributed by atoms with Gasteiger partial charge in [0.25, 0.3) is 0 Å². The molecule has 1 aliphatic carbocycles. The lowest BCUT2D eigenvalue weighted by molar-refractivity contribution is -0.0704. The minimum atomic E-state index is -0.314. The predicted octanol–water partition coefficient (Wildman–Crippen LogP) is 4.53. The van der Waals surface area contributed by atoms with E-state index in [4.69, 9.17) is 32.7 Å². The van der Waals surface area contributed by atoms with Crippen LogP contribution in [-0.2, 0) is 4.74 Å². The maximum atomic E-state index is 12.4. The van der Waals surface area contributed by atoms with E-state index in [1.807, 2.05) is 6.92 Å². The van der Waals surface area contributed by atoms with Crippen molar-refractivity contribution in [3.05, 3.63) is 27.7 Å². The molecule has 0 atom stereocenters. The summed E-state index contributed by atoms with van der Waals surface area (Å²) in [6.45, 7) is 2.36. The number of carbonyl (C=O) groups is 1. The fraction of sp³-hybridized carbons (Fsp3) is 0.533. The van der Waals surface area contributed by atoms with E-state index >= 15 is 0 Å². The summed E-state index contributed by atoms with van der Waals surface area (Å²) in [4.78, 5) is 12.4. The Hall–Kier alpha value is -0.770. The molecule has 0 N–H and O–H groups in total. The first-order valence-electron chi connectivity index (χ1n) is 6.71. The van der Waals surface area contributed by atoms with Gasteiger partial charge in [-0.05, 0) is 32.3 Å². The third kappa shape index (κ3) is 3.11. The molecule has 1 aliphatic rings. The van der Waals surface area contributed by atoms with Gasteiger partial charge in [-0.25, -0.2) is 0 Å². The van der Waals surface area contributed by atoms with Crippen LogP contribution in [0.1, 0.15) is 43.0 Å². The average Bonchev–Trinajstić information content (AvgIpc) is 2.38. The van der Waals surface area contributed by atoms with E-state index < -0.39 is 0 Å². The summed E-state index contributed by atoms with van der Waals surface area (Å²) in [6, 6.07) is 3.18. The summed E-state index contributed by atoms with van der Waals surface area (Å²) < 4.78 is 10.8. The summed E-state index contributed by atoms with van der Waals surface area (Å²) in [5.41, 5.74) is 0.120. The van der Waals surface area contributed by atoms with Crippen LogP contribution in [0.3, 0.4) is 0 Å². The molecule has 0 aromatic heterocycles. The number of hydrogen-bond acceptors (Lipinski definition) is 3. The van der Waals surface area contributed by atoms with E-state index in [9.17, 15) is 4.79 Å². The first kappa shape index (κ1) is 15.6. The van der Waals surface area contributed by atoms with Crippen molar-refractivity contribution in [2.75, 3.05) is 13.7 Å². The van der Waals surface area contributed by atoms with Crippen LogP contribution in [0.5, 0.6) is 5.75 Å². The zero-order chi connectivity index (χ0) is 14.8. The van der Waals surface area contributed by atoms with Crippen molar-refractivity contribution in [2.24, 2.45) is 0 Å². The highest BCUT2D eigenvalue weighted by Crippen LogP contribution is 2.40. The van der Waals surface area contributed by atoms with Gasteiger partial charge in [-0.3, -0.25) is 4.79 Å². The highest BCUT2D eigenvalue weighted by Gasteiger charge is 2.39. The van der Waals surface area contributed by atoms with E-state index in [1.54, 1.807) is 19.2 Å². The largest absolute Gasteiger partial charge is 0.492 e. The molecule has 1 aromatic carbocycles. The first-order valence-corrected chi connectivity index (χ1v) is 7.47. The third-order valence-corrected chi connectivity index (χ3v) is 4.41. The number of methoxy groups -OCH3 is 1. The fourth-order valence-corrected chi connectivity index (χ4v) is 2.90. The molecule has 0 spiro atoms. The molecule has 110 valence electrons. The molecule has 20 heavy (non-hydrogen) atoms. The number of ether oxygens (including phenoxy) is 2. The van der Waals surface area contributed by atoms with Gasteiger partial charge in [-0.15, -0.1) is 0 Å². The Morgan fingerprint density at radius 2 is 2.00 bits per heavy atom. The van der Waals surface area contributed by atoms with E-state index in [-0.39, 0.29) is 11.4 Å². The van der Waals surface area contributed by atoms with Crippen LogP contribution in [0.2, 0.25) is 10.0 Å². The third-order valence-electron chi connectivity index (χ3n) is 3.80. The number of rotatable bonds is 6. The van der Waals surface area contributed by atoms with Crippen LogP contribution in [0.4, 0.5) is 0 Å². The summed E-state index contributed by atoms with van der Waals surface area (Å²) in [5.74, 6) is 0.460. The minimum Gasteiger partial charge on any atom is -0.492 e. The molecule has 0 heterocycles. The Bertz CT molecular complexity index is 505. The van der Waals surface area contributed by atoms with E-state index in [0.29, 0.717) is 34.4 Å². The van der Waals surface area contributed by atoms with Crippen molar-refractivity contribution < 1.29 is 14.3 Å². The molecular weight excluding hydrogens is 299 g/mol. The van der Waals surface area contributed by atoms with Crippen LogP contribution in [0.15, 0.2) is 12.1 Å². The second kappa shape index (κ2) is 6.33. The summed E-state index contributed by atoms with van der Waals surface area (Å²) in [5, 5.41) is 0.771. The molecule has 0 saturated heterocycles. The normalized spacial score (nSPS) is 16.6. The van der Waals surface area contributed by atoms with Crippen molar-refractivity contribution in [3.63, 3.8) is 0 Å². The van der Waals surface area contributed by atoms with E-state index in [1.165, 1.54) is 0 Å². The van der Waals surface area contributed by atoms with Crippen LogP contribution >= 0.6 is 23.2 Å². The van der Waals surface area contributed by atoms with Crippen LogP contribution in [0, 0.1) is 0 Å². The van der Waals surface area contributed by atoms with Gasteiger partial charge in [0.2, 0.25) is 0 Å². The molecule has 0 bridgehead atoms. The van der Waals surface area contributed by atoms with Crippen molar-refractivity contribution in [3.8, 4) is 5.75 Å². The molecule has 0 unspecified atom stereocenters. The molecule has 5 heteroatoms. The molecule has 1 aromatic rings. The first-order chi connectivity index (χ1) is 9.51. The van der Waals surface area contributed by atoms with Gasteiger partial charge in [0.05, 0.1) is 22.3 Å². The number of ketones is 1. The quantitative estimate of drug-likeness (QED) is 0.723. The Labute approximate surface area is 129 Å². The summed E-state index contributed by atoms with van der Waals surface area (Å²) >= 11 is 12.3. The monoisotopic (exact) mass is 316 g/mol. The Morgan fingerprint density at radius 1 is 1.30 bits per heavy atom. The lowest BCUT2D eigenvalue weighted by Gasteiger charge is -2.40. The number of halogens is 2. The molecule has 0 radical (unpaired) electrons. The van der Waals surface area contributed by atoms with Gasteiger partial charge in [0.1, 0.15) is 5.75 Å². The smallest absolute Gasteiger partial charge is 0.167 e. The molecule has 1 fully saturated rings. The average molecular weight is 317 g/mol. The van der Waals surface area contributed by atoms with Crippen molar-refractivity contribution in [1.29, 1.82) is 0 Å². The topological polar surface area (TPSA) is 35.5 Å². The Balaban J connectivity index is 2.19. The van der Waals surface area contributed by atoms with Gasteiger partial charge in [0, 0.05) is 25.2 Å².